The third-order valence-electron chi connectivity index (χ3n) is 7.41. The molecule has 9 heteroatoms. The lowest BCUT2D eigenvalue weighted by atomic mass is 10.00. The molecular formula is C32H27ClN8. The minimum atomic E-state index is -0.420. The Labute approximate surface area is 243 Å². The van der Waals surface area contributed by atoms with Crippen LogP contribution in [0.4, 0.5) is 11.4 Å². The summed E-state index contributed by atoms with van der Waals surface area (Å²) in [5.41, 5.74) is 5.31. The maximum Gasteiger partial charge on any atom is 0.110 e. The molecule has 8 nitrogen and oxygen atoms in total. The molecule has 0 saturated heterocycles. The van der Waals surface area contributed by atoms with Crippen LogP contribution in [0, 0.1) is 22.7 Å². The van der Waals surface area contributed by atoms with Gasteiger partial charge in [-0.25, -0.2) is 4.68 Å². The number of halogens is 1. The predicted octanol–water partition coefficient (Wildman–Crippen LogP) is 7.32. The van der Waals surface area contributed by atoms with Crippen molar-refractivity contribution in [3.05, 3.63) is 112 Å². The molecule has 2 aromatic heterocycles. The van der Waals surface area contributed by atoms with E-state index in [0.29, 0.717) is 44.5 Å². The summed E-state index contributed by atoms with van der Waals surface area (Å²) < 4.78 is 1.90. The smallest absolute Gasteiger partial charge is 0.110 e. The van der Waals surface area contributed by atoms with Crippen molar-refractivity contribution in [3.8, 4) is 12.1 Å². The monoisotopic (exact) mass is 558 g/mol. The predicted molar refractivity (Wildman–Crippen MR) is 159 cm³/mol. The quantitative estimate of drug-likeness (QED) is 0.195. The average Bonchev–Trinajstić information content (AvgIpc) is 3.75. The number of hydrogen-bond donors (Lipinski definition) is 2. The Balaban J connectivity index is 1.46. The second kappa shape index (κ2) is 11.3. The molecule has 1 fully saturated rings. The van der Waals surface area contributed by atoms with E-state index in [-0.39, 0.29) is 6.04 Å². The summed E-state index contributed by atoms with van der Waals surface area (Å²) in [7, 11) is 0. The van der Waals surface area contributed by atoms with Crippen molar-refractivity contribution in [1.82, 2.24) is 20.0 Å². The van der Waals surface area contributed by atoms with Crippen LogP contribution in [0.3, 0.4) is 0 Å². The molecule has 0 radical (unpaired) electrons. The molecular weight excluding hydrogens is 532 g/mol. The Hall–Kier alpha value is -4.92. The van der Waals surface area contributed by atoms with Crippen molar-refractivity contribution in [2.24, 2.45) is 0 Å². The van der Waals surface area contributed by atoms with E-state index < -0.39 is 6.04 Å². The molecule has 0 aliphatic heterocycles. The van der Waals surface area contributed by atoms with E-state index in [0.717, 1.165) is 36.1 Å². The number of fused-ring (bicyclic) bond motifs is 1. The molecule has 2 heterocycles. The van der Waals surface area contributed by atoms with Gasteiger partial charge >= 0.3 is 0 Å². The Morgan fingerprint density at radius 2 is 1.76 bits per heavy atom. The molecule has 1 saturated carbocycles. The number of anilines is 2. The number of nitrogens with zero attached hydrogens (tertiary/aromatic N) is 6. The number of pyridine rings is 1. The lowest BCUT2D eigenvalue weighted by Gasteiger charge is -2.23. The second-order valence-corrected chi connectivity index (χ2v) is 10.6. The number of nitrogens with one attached hydrogen (secondary N) is 2. The van der Waals surface area contributed by atoms with Crippen molar-refractivity contribution >= 4 is 33.9 Å². The summed E-state index contributed by atoms with van der Waals surface area (Å²) >= 11 is 6.66. The van der Waals surface area contributed by atoms with Gasteiger partial charge in [0.05, 0.1) is 46.7 Å². The van der Waals surface area contributed by atoms with Crippen LogP contribution in [0.1, 0.15) is 72.3 Å². The molecule has 1 aliphatic rings. The van der Waals surface area contributed by atoms with Gasteiger partial charge in [0, 0.05) is 22.3 Å². The fourth-order valence-corrected chi connectivity index (χ4v) is 5.36. The molecule has 2 N–H and O–H groups in total. The number of hydrogen-bond acceptors (Lipinski definition) is 7. The van der Waals surface area contributed by atoms with Crippen molar-refractivity contribution < 1.29 is 0 Å². The largest absolute Gasteiger partial charge is 0.377 e. The third-order valence-corrected chi connectivity index (χ3v) is 7.76. The Bertz CT molecular complexity index is 1800. The minimum absolute atomic E-state index is 0.0376. The molecule has 5 aromatic rings. The Morgan fingerprint density at radius 3 is 2.46 bits per heavy atom. The molecule has 3 aromatic carbocycles. The van der Waals surface area contributed by atoms with Gasteiger partial charge in [-0.05, 0) is 48.6 Å². The van der Waals surface area contributed by atoms with Crippen LogP contribution >= 0.6 is 11.6 Å². The van der Waals surface area contributed by atoms with E-state index in [1.165, 1.54) is 6.20 Å². The van der Waals surface area contributed by atoms with E-state index in [1.807, 2.05) is 59.4 Å². The molecule has 202 valence electrons. The Kier molecular flexibility index (Phi) is 7.24. The minimum Gasteiger partial charge on any atom is -0.377 e. The highest BCUT2D eigenvalue weighted by Gasteiger charge is 2.28. The highest BCUT2D eigenvalue weighted by Crippen LogP contribution is 2.38. The van der Waals surface area contributed by atoms with Gasteiger partial charge in [0.15, 0.2) is 0 Å². The fourth-order valence-electron chi connectivity index (χ4n) is 5.12. The van der Waals surface area contributed by atoms with Gasteiger partial charge in [-0.1, -0.05) is 72.3 Å². The zero-order chi connectivity index (χ0) is 28.3. The third kappa shape index (κ3) is 5.30. The van der Waals surface area contributed by atoms with E-state index in [1.54, 1.807) is 6.07 Å². The molecule has 2 unspecified atom stereocenters. The SMILES string of the molecule is CCC(Nc1c(C#N)cnc2c(C#N)cc(NC(c3cn(C4CC4)nn3)c3ccccc3Cl)cc12)c1ccccc1. The van der Waals surface area contributed by atoms with Crippen LogP contribution in [-0.2, 0) is 0 Å². The van der Waals surface area contributed by atoms with Crippen molar-refractivity contribution in [2.75, 3.05) is 10.6 Å². The molecule has 2 atom stereocenters. The molecule has 0 spiro atoms. The lowest BCUT2D eigenvalue weighted by molar-refractivity contribution is 0.610. The first-order chi connectivity index (χ1) is 20.1. The maximum absolute atomic E-state index is 10.1. The molecule has 41 heavy (non-hydrogen) atoms. The summed E-state index contributed by atoms with van der Waals surface area (Å²) in [6, 6.07) is 25.9. The van der Waals surface area contributed by atoms with Crippen molar-refractivity contribution in [2.45, 2.75) is 44.3 Å². The highest BCUT2D eigenvalue weighted by atomic mass is 35.5. The number of benzene rings is 3. The van der Waals surface area contributed by atoms with Crippen LogP contribution < -0.4 is 10.6 Å². The van der Waals surface area contributed by atoms with Crippen LogP contribution in [0.2, 0.25) is 5.02 Å². The summed E-state index contributed by atoms with van der Waals surface area (Å²) in [5.74, 6) is 0. The number of nitriles is 2. The highest BCUT2D eigenvalue weighted by molar-refractivity contribution is 6.31. The number of aromatic nitrogens is 4. The summed E-state index contributed by atoms with van der Waals surface area (Å²) in [6.45, 7) is 2.09. The van der Waals surface area contributed by atoms with Gasteiger partial charge in [-0.3, -0.25) is 4.98 Å². The number of rotatable bonds is 9. The van der Waals surface area contributed by atoms with E-state index in [9.17, 15) is 10.5 Å². The van der Waals surface area contributed by atoms with Gasteiger partial charge in [0.25, 0.3) is 0 Å². The summed E-state index contributed by atoms with van der Waals surface area (Å²) in [4.78, 5) is 4.51. The fraction of sp³-hybridized carbons (Fsp3) is 0.219. The zero-order valence-corrected chi connectivity index (χ0v) is 23.2. The Morgan fingerprint density at radius 1 is 1.00 bits per heavy atom. The standard InChI is InChI=1S/C32H27ClN8/c1-2-28(20-8-4-3-5-9-20)38-31-22(17-35)18-36-30-21(16-34)14-23(15-26(30)31)37-32(25-10-6-7-11-27(25)33)29-19-41(40-39-29)24-12-13-24/h3-11,14-15,18-19,24,28,32,37H,2,12-13H2,1H3,(H,36,38). The van der Waals surface area contributed by atoms with E-state index >= 15 is 0 Å². The molecule has 0 amide bonds. The van der Waals surface area contributed by atoms with Crippen LogP contribution in [0.5, 0.6) is 0 Å². The summed E-state index contributed by atoms with van der Waals surface area (Å²) in [6.07, 6.45) is 6.47. The van der Waals surface area contributed by atoms with Gasteiger partial charge in [-0.15, -0.1) is 5.10 Å². The molecule has 0 bridgehead atoms. The lowest BCUT2D eigenvalue weighted by Crippen LogP contribution is -2.14. The topological polar surface area (TPSA) is 115 Å². The summed E-state index contributed by atoms with van der Waals surface area (Å²) in [5, 5.41) is 37.4. The molecule has 1 aliphatic carbocycles. The van der Waals surface area contributed by atoms with Crippen LogP contribution in [-0.4, -0.2) is 20.0 Å². The van der Waals surface area contributed by atoms with Gasteiger partial charge in [0.1, 0.15) is 17.8 Å². The van der Waals surface area contributed by atoms with E-state index in [2.05, 4.69) is 57.1 Å². The maximum atomic E-state index is 10.1. The zero-order valence-electron chi connectivity index (χ0n) is 22.4. The van der Waals surface area contributed by atoms with Gasteiger partial charge < -0.3 is 10.6 Å². The van der Waals surface area contributed by atoms with Crippen molar-refractivity contribution in [3.63, 3.8) is 0 Å². The van der Waals surface area contributed by atoms with Gasteiger partial charge in [-0.2, -0.15) is 10.5 Å². The first-order valence-corrected chi connectivity index (χ1v) is 14.0. The van der Waals surface area contributed by atoms with Crippen LogP contribution in [0.25, 0.3) is 10.9 Å². The molecule has 6 rings (SSSR count). The average molecular weight is 559 g/mol. The van der Waals surface area contributed by atoms with E-state index in [4.69, 9.17) is 11.6 Å². The van der Waals surface area contributed by atoms with Crippen molar-refractivity contribution in [1.29, 1.82) is 10.5 Å². The first kappa shape index (κ1) is 26.3. The van der Waals surface area contributed by atoms with Crippen LogP contribution in [0.15, 0.2) is 79.1 Å². The van der Waals surface area contributed by atoms with Gasteiger partial charge in [0.2, 0.25) is 0 Å². The normalized spacial score (nSPS) is 14.1. The second-order valence-electron chi connectivity index (χ2n) is 10.2. The first-order valence-electron chi connectivity index (χ1n) is 13.6.